The second-order valence-electron chi connectivity index (χ2n) is 7.63. The van der Waals surface area contributed by atoms with Crippen molar-refractivity contribution in [1.82, 2.24) is 20.4 Å². The number of ether oxygens (including phenoxy) is 2. The molecule has 10 nitrogen and oxygen atoms in total. The van der Waals surface area contributed by atoms with Crippen LogP contribution in [0.1, 0.15) is 24.5 Å². The fourth-order valence-corrected chi connectivity index (χ4v) is 4.39. The molecule has 0 saturated carbocycles. The highest BCUT2D eigenvalue weighted by molar-refractivity contribution is 7.19. The molecule has 1 fully saturated rings. The average Bonchev–Trinajstić information content (AvgIpc) is 3.26. The predicted molar refractivity (Wildman–Crippen MR) is 122 cm³/mol. The standard InChI is InChI=1S/C21H22F3N7O3S/c1-33-17(13-4-2-5-15(12-13)34-21(22,23)24)18(32)27-20-30-29-19(35-20)26-14-7-10-31(11-8-14)16-6-3-9-25-28-16/h2-6,9,12,14,17H,7-8,10-11H2,1H3,(H,26,29)(H,27,30,32)/t17-/m1/s1. The quantitative estimate of drug-likeness (QED) is 0.470. The van der Waals surface area contributed by atoms with E-state index < -0.39 is 24.1 Å². The molecule has 1 aliphatic rings. The maximum absolute atomic E-state index is 12.7. The van der Waals surface area contributed by atoms with Gasteiger partial charge in [0.15, 0.2) is 11.9 Å². The first-order valence-electron chi connectivity index (χ1n) is 10.6. The van der Waals surface area contributed by atoms with E-state index in [0.29, 0.717) is 5.13 Å². The fraction of sp³-hybridized carbons (Fsp3) is 0.381. The van der Waals surface area contributed by atoms with Crippen molar-refractivity contribution in [3.05, 3.63) is 48.2 Å². The van der Waals surface area contributed by atoms with Gasteiger partial charge in [-0.25, -0.2) is 0 Å². The van der Waals surface area contributed by atoms with Crippen LogP contribution in [-0.2, 0) is 9.53 Å². The summed E-state index contributed by atoms with van der Waals surface area (Å²) in [4.78, 5) is 14.9. The minimum atomic E-state index is -4.84. The lowest BCUT2D eigenvalue weighted by molar-refractivity contribution is -0.274. The number of nitrogens with zero attached hydrogens (tertiary/aromatic N) is 5. The van der Waals surface area contributed by atoms with E-state index >= 15 is 0 Å². The van der Waals surface area contributed by atoms with E-state index in [1.54, 1.807) is 6.20 Å². The Kier molecular flexibility index (Phi) is 7.60. The summed E-state index contributed by atoms with van der Waals surface area (Å²) in [5, 5.41) is 22.8. The number of alkyl halides is 3. The van der Waals surface area contributed by atoms with Gasteiger partial charge in [-0.15, -0.1) is 28.5 Å². The average molecular weight is 510 g/mol. The largest absolute Gasteiger partial charge is 0.573 e. The minimum Gasteiger partial charge on any atom is -0.406 e. The molecule has 3 aromatic rings. The van der Waals surface area contributed by atoms with Crippen LogP contribution in [0.15, 0.2) is 42.6 Å². The van der Waals surface area contributed by atoms with E-state index in [2.05, 4.69) is 40.7 Å². The lowest BCUT2D eigenvalue weighted by Crippen LogP contribution is -2.39. The molecule has 1 aromatic carbocycles. The van der Waals surface area contributed by atoms with Crippen LogP contribution in [0, 0.1) is 0 Å². The maximum Gasteiger partial charge on any atom is 0.573 e. The molecule has 1 atom stereocenters. The Balaban J connectivity index is 1.32. The van der Waals surface area contributed by atoms with Gasteiger partial charge in [0.1, 0.15) is 5.75 Å². The zero-order valence-corrected chi connectivity index (χ0v) is 19.3. The van der Waals surface area contributed by atoms with E-state index in [-0.39, 0.29) is 16.7 Å². The molecule has 0 bridgehead atoms. The van der Waals surface area contributed by atoms with Gasteiger partial charge in [-0.2, -0.15) is 5.10 Å². The Bertz CT molecular complexity index is 1120. The summed E-state index contributed by atoms with van der Waals surface area (Å²) in [6.07, 6.45) is -2.65. The minimum absolute atomic E-state index is 0.183. The summed E-state index contributed by atoms with van der Waals surface area (Å²) in [7, 11) is 1.28. The van der Waals surface area contributed by atoms with E-state index in [1.807, 2.05) is 12.1 Å². The number of hydrogen-bond donors (Lipinski definition) is 2. The molecule has 0 radical (unpaired) electrons. The number of benzene rings is 1. The Hall–Kier alpha value is -3.52. The summed E-state index contributed by atoms with van der Waals surface area (Å²) >= 11 is 1.16. The van der Waals surface area contributed by atoms with Crippen LogP contribution in [0.25, 0.3) is 0 Å². The van der Waals surface area contributed by atoms with Crippen LogP contribution in [0.5, 0.6) is 5.75 Å². The van der Waals surface area contributed by atoms with Gasteiger partial charge in [0.2, 0.25) is 10.3 Å². The summed E-state index contributed by atoms with van der Waals surface area (Å²) < 4.78 is 46.7. The van der Waals surface area contributed by atoms with Gasteiger partial charge in [0.05, 0.1) is 0 Å². The van der Waals surface area contributed by atoms with Crippen LogP contribution in [-0.4, -0.2) is 58.9 Å². The normalized spacial score (nSPS) is 15.5. The zero-order chi connectivity index (χ0) is 24.8. The Labute approximate surface area is 202 Å². The second-order valence-corrected chi connectivity index (χ2v) is 8.60. The predicted octanol–water partition coefficient (Wildman–Crippen LogP) is 3.63. The highest BCUT2D eigenvalue weighted by Gasteiger charge is 2.32. The number of halogens is 3. The highest BCUT2D eigenvalue weighted by Crippen LogP contribution is 2.29. The molecule has 14 heteroatoms. The summed E-state index contributed by atoms with van der Waals surface area (Å²) in [6.45, 7) is 1.62. The third-order valence-electron chi connectivity index (χ3n) is 5.23. The smallest absolute Gasteiger partial charge is 0.406 e. The van der Waals surface area contributed by atoms with E-state index in [9.17, 15) is 18.0 Å². The van der Waals surface area contributed by atoms with Crippen LogP contribution < -0.4 is 20.3 Å². The summed E-state index contributed by atoms with van der Waals surface area (Å²) in [5.74, 6) is -0.204. The van der Waals surface area contributed by atoms with E-state index in [1.165, 1.54) is 19.2 Å². The number of rotatable bonds is 8. The maximum atomic E-state index is 12.7. The lowest BCUT2D eigenvalue weighted by atomic mass is 10.1. The number of carbonyl (C=O) groups excluding carboxylic acids is 1. The van der Waals surface area contributed by atoms with Gasteiger partial charge in [0, 0.05) is 32.4 Å². The van der Waals surface area contributed by atoms with Crippen molar-refractivity contribution in [2.45, 2.75) is 31.3 Å². The van der Waals surface area contributed by atoms with E-state index in [4.69, 9.17) is 4.74 Å². The third-order valence-corrected chi connectivity index (χ3v) is 6.00. The molecule has 2 N–H and O–H groups in total. The number of amides is 1. The Morgan fingerprint density at radius 2 is 1.91 bits per heavy atom. The molecule has 1 aliphatic heterocycles. The van der Waals surface area contributed by atoms with Crippen LogP contribution in [0.2, 0.25) is 0 Å². The van der Waals surface area contributed by atoms with Gasteiger partial charge in [0.25, 0.3) is 5.91 Å². The van der Waals surface area contributed by atoms with Gasteiger partial charge >= 0.3 is 6.36 Å². The first-order chi connectivity index (χ1) is 16.8. The molecular weight excluding hydrogens is 487 g/mol. The Morgan fingerprint density at radius 3 is 2.60 bits per heavy atom. The molecule has 4 rings (SSSR count). The molecule has 0 unspecified atom stereocenters. The second kappa shape index (κ2) is 10.8. The molecule has 35 heavy (non-hydrogen) atoms. The zero-order valence-electron chi connectivity index (χ0n) is 18.5. The molecule has 2 aromatic heterocycles. The molecule has 0 spiro atoms. The topological polar surface area (TPSA) is 114 Å². The molecule has 3 heterocycles. The highest BCUT2D eigenvalue weighted by atomic mass is 32.1. The van der Waals surface area contributed by atoms with Crippen LogP contribution >= 0.6 is 11.3 Å². The summed E-state index contributed by atoms with van der Waals surface area (Å²) in [6, 6.07) is 9.01. The van der Waals surface area contributed by atoms with Crippen LogP contribution in [0.4, 0.5) is 29.3 Å². The first kappa shape index (κ1) is 24.6. The van der Waals surface area contributed by atoms with E-state index in [0.717, 1.165) is 55.2 Å². The number of aromatic nitrogens is 4. The fourth-order valence-electron chi connectivity index (χ4n) is 3.66. The van der Waals surface area contributed by atoms with Gasteiger partial charge in [-0.3, -0.25) is 10.1 Å². The van der Waals surface area contributed by atoms with Gasteiger partial charge in [-0.1, -0.05) is 23.5 Å². The summed E-state index contributed by atoms with van der Waals surface area (Å²) in [5.41, 5.74) is 0.199. The number of nitrogens with one attached hydrogen (secondary N) is 2. The lowest BCUT2D eigenvalue weighted by Gasteiger charge is -2.32. The number of methoxy groups -OCH3 is 1. The molecule has 1 amide bonds. The first-order valence-corrected chi connectivity index (χ1v) is 11.4. The van der Waals surface area contributed by atoms with Crippen molar-refractivity contribution < 1.29 is 27.4 Å². The third kappa shape index (κ3) is 6.76. The number of carbonyl (C=O) groups is 1. The number of piperidine rings is 1. The molecule has 186 valence electrons. The Morgan fingerprint density at radius 1 is 1.14 bits per heavy atom. The van der Waals surface area contributed by atoms with Crippen LogP contribution in [0.3, 0.4) is 0 Å². The van der Waals surface area contributed by atoms with Crippen molar-refractivity contribution in [2.24, 2.45) is 0 Å². The van der Waals surface area contributed by atoms with Crippen molar-refractivity contribution in [1.29, 1.82) is 0 Å². The molecule has 0 aliphatic carbocycles. The van der Waals surface area contributed by atoms with Gasteiger partial charge < -0.3 is 19.7 Å². The van der Waals surface area contributed by atoms with Crippen molar-refractivity contribution in [3.8, 4) is 5.75 Å². The van der Waals surface area contributed by atoms with Crippen molar-refractivity contribution in [2.75, 3.05) is 35.7 Å². The molecular formula is C21H22F3N7O3S. The van der Waals surface area contributed by atoms with Crippen molar-refractivity contribution in [3.63, 3.8) is 0 Å². The number of hydrogen-bond acceptors (Lipinski definition) is 10. The molecule has 1 saturated heterocycles. The monoisotopic (exact) mass is 509 g/mol. The SMILES string of the molecule is CO[C@@H](C(=O)Nc1nnc(NC2CCN(c3cccnn3)CC2)s1)c1cccc(OC(F)(F)F)c1. The van der Waals surface area contributed by atoms with Crippen molar-refractivity contribution >= 4 is 33.3 Å². The number of anilines is 3. The van der Waals surface area contributed by atoms with Gasteiger partial charge in [-0.05, 0) is 42.7 Å².